The van der Waals surface area contributed by atoms with E-state index in [1.165, 1.54) is 6.07 Å². The Bertz CT molecular complexity index is 606. The molecule has 0 spiro atoms. The molecule has 0 aliphatic carbocycles. The van der Waals surface area contributed by atoms with Gasteiger partial charge in [-0.25, -0.2) is 4.98 Å². The molecule has 5 heteroatoms. The first kappa shape index (κ1) is 13.4. The molecule has 0 atom stereocenters. The first-order chi connectivity index (χ1) is 9.20. The third-order valence-electron chi connectivity index (χ3n) is 2.80. The van der Waals surface area contributed by atoms with E-state index in [9.17, 15) is 4.79 Å². The zero-order valence-electron chi connectivity index (χ0n) is 11.2. The zero-order chi connectivity index (χ0) is 13.7. The van der Waals surface area contributed by atoms with Crippen LogP contribution in [0.25, 0.3) is 11.4 Å². The summed E-state index contributed by atoms with van der Waals surface area (Å²) in [5.41, 5.74) is 2.52. The van der Waals surface area contributed by atoms with Crippen LogP contribution >= 0.6 is 0 Å². The van der Waals surface area contributed by atoms with Crippen molar-refractivity contribution >= 4 is 0 Å². The van der Waals surface area contributed by atoms with E-state index < -0.39 is 0 Å². The summed E-state index contributed by atoms with van der Waals surface area (Å²) in [5.74, 6) is 0.598. The van der Waals surface area contributed by atoms with E-state index >= 15 is 0 Å². The Labute approximate surface area is 112 Å². The van der Waals surface area contributed by atoms with Gasteiger partial charge in [0.05, 0.1) is 5.69 Å². The molecule has 0 saturated heterocycles. The second-order valence-electron chi connectivity index (χ2n) is 4.45. The standard InChI is InChI=1S/C14H18N4O/c1-3-5-15-9-11-7-13(19)18-14(17-11)12-4-6-16-8-10(12)2/h4,6-8,15H,3,5,9H2,1-2H3,(H,17,18,19). The van der Waals surface area contributed by atoms with E-state index in [0.29, 0.717) is 12.4 Å². The van der Waals surface area contributed by atoms with Crippen LogP contribution in [0.2, 0.25) is 0 Å². The van der Waals surface area contributed by atoms with Gasteiger partial charge in [0, 0.05) is 30.6 Å². The number of hydrogen-bond acceptors (Lipinski definition) is 4. The molecule has 0 radical (unpaired) electrons. The van der Waals surface area contributed by atoms with Gasteiger partial charge in [0.25, 0.3) is 5.56 Å². The van der Waals surface area contributed by atoms with Crippen molar-refractivity contribution in [3.05, 3.63) is 46.1 Å². The molecule has 0 fully saturated rings. The number of pyridine rings is 1. The monoisotopic (exact) mass is 258 g/mol. The van der Waals surface area contributed by atoms with Gasteiger partial charge in [0.2, 0.25) is 0 Å². The van der Waals surface area contributed by atoms with Crippen LogP contribution in [0.3, 0.4) is 0 Å². The lowest BCUT2D eigenvalue weighted by Gasteiger charge is -2.07. The number of aryl methyl sites for hydroxylation is 1. The minimum atomic E-state index is -0.130. The maximum atomic E-state index is 11.7. The number of aromatic nitrogens is 3. The second-order valence-corrected chi connectivity index (χ2v) is 4.45. The Morgan fingerprint density at radius 2 is 2.26 bits per heavy atom. The molecule has 0 amide bonds. The van der Waals surface area contributed by atoms with Crippen LogP contribution in [-0.2, 0) is 6.54 Å². The van der Waals surface area contributed by atoms with Crippen molar-refractivity contribution in [2.45, 2.75) is 26.8 Å². The Hall–Kier alpha value is -2.01. The predicted molar refractivity (Wildman–Crippen MR) is 74.8 cm³/mol. The molecular weight excluding hydrogens is 240 g/mol. The third kappa shape index (κ3) is 3.48. The molecule has 0 aliphatic heterocycles. The van der Waals surface area contributed by atoms with E-state index in [2.05, 4.69) is 27.2 Å². The molecule has 19 heavy (non-hydrogen) atoms. The number of aromatic amines is 1. The number of H-pyrrole nitrogens is 1. The fraction of sp³-hybridized carbons (Fsp3) is 0.357. The van der Waals surface area contributed by atoms with Crippen molar-refractivity contribution in [1.82, 2.24) is 20.3 Å². The molecule has 0 saturated carbocycles. The maximum absolute atomic E-state index is 11.7. The Kier molecular flexibility index (Phi) is 4.41. The van der Waals surface area contributed by atoms with Crippen LogP contribution in [-0.4, -0.2) is 21.5 Å². The predicted octanol–water partition coefficient (Wildman–Crippen LogP) is 1.64. The highest BCUT2D eigenvalue weighted by Crippen LogP contribution is 2.16. The van der Waals surface area contributed by atoms with Gasteiger partial charge in [0.15, 0.2) is 0 Å². The van der Waals surface area contributed by atoms with Crippen molar-refractivity contribution in [3.63, 3.8) is 0 Å². The van der Waals surface area contributed by atoms with Crippen molar-refractivity contribution in [2.24, 2.45) is 0 Å². The van der Waals surface area contributed by atoms with Crippen LogP contribution < -0.4 is 10.9 Å². The fourth-order valence-electron chi connectivity index (χ4n) is 1.86. The first-order valence-corrected chi connectivity index (χ1v) is 6.42. The Morgan fingerprint density at radius 3 is 3.00 bits per heavy atom. The number of nitrogens with one attached hydrogen (secondary N) is 2. The SMILES string of the molecule is CCCNCc1cc(=O)[nH]c(-c2ccncc2C)n1. The minimum absolute atomic E-state index is 0.130. The first-order valence-electron chi connectivity index (χ1n) is 6.42. The van der Waals surface area contributed by atoms with Crippen molar-refractivity contribution in [1.29, 1.82) is 0 Å². The highest BCUT2D eigenvalue weighted by Gasteiger charge is 2.06. The lowest BCUT2D eigenvalue weighted by molar-refractivity contribution is 0.662. The number of hydrogen-bond donors (Lipinski definition) is 2. The average molecular weight is 258 g/mol. The molecular formula is C14H18N4O. The highest BCUT2D eigenvalue weighted by atomic mass is 16.1. The largest absolute Gasteiger partial charge is 0.311 e. The number of rotatable bonds is 5. The van der Waals surface area contributed by atoms with E-state index in [1.54, 1.807) is 12.4 Å². The van der Waals surface area contributed by atoms with Gasteiger partial charge >= 0.3 is 0 Å². The fourth-order valence-corrected chi connectivity index (χ4v) is 1.86. The highest BCUT2D eigenvalue weighted by molar-refractivity contribution is 5.58. The summed E-state index contributed by atoms with van der Waals surface area (Å²) in [6, 6.07) is 3.39. The van der Waals surface area contributed by atoms with Gasteiger partial charge in [0.1, 0.15) is 5.82 Å². The summed E-state index contributed by atoms with van der Waals surface area (Å²) in [7, 11) is 0. The number of nitrogens with zero attached hydrogens (tertiary/aromatic N) is 2. The van der Waals surface area contributed by atoms with Crippen molar-refractivity contribution in [2.75, 3.05) is 6.54 Å². The van der Waals surface area contributed by atoms with E-state index in [1.807, 2.05) is 13.0 Å². The molecule has 2 aromatic rings. The zero-order valence-corrected chi connectivity index (χ0v) is 11.2. The van der Waals surface area contributed by atoms with Gasteiger partial charge in [-0.3, -0.25) is 9.78 Å². The topological polar surface area (TPSA) is 70.7 Å². The summed E-state index contributed by atoms with van der Waals surface area (Å²) in [6.07, 6.45) is 4.52. The molecule has 0 unspecified atom stereocenters. The van der Waals surface area contributed by atoms with Crippen LogP contribution in [0.15, 0.2) is 29.3 Å². The molecule has 2 aromatic heterocycles. The lowest BCUT2D eigenvalue weighted by Crippen LogP contribution is -2.18. The molecule has 100 valence electrons. The summed E-state index contributed by atoms with van der Waals surface area (Å²) in [6.45, 7) is 5.57. The average Bonchev–Trinajstić information content (AvgIpc) is 2.39. The molecule has 2 heterocycles. The molecule has 0 aromatic carbocycles. The molecule has 5 nitrogen and oxygen atoms in total. The van der Waals surface area contributed by atoms with E-state index in [4.69, 9.17) is 0 Å². The van der Waals surface area contributed by atoms with Crippen LogP contribution in [0.5, 0.6) is 0 Å². The molecule has 2 rings (SSSR count). The molecule has 0 bridgehead atoms. The van der Waals surface area contributed by atoms with Gasteiger partial charge in [-0.1, -0.05) is 6.92 Å². The van der Waals surface area contributed by atoms with Crippen LogP contribution in [0.1, 0.15) is 24.6 Å². The van der Waals surface area contributed by atoms with Gasteiger partial charge in [-0.05, 0) is 31.5 Å². The Morgan fingerprint density at radius 1 is 1.42 bits per heavy atom. The second kappa shape index (κ2) is 6.24. The van der Waals surface area contributed by atoms with Gasteiger partial charge < -0.3 is 10.3 Å². The van der Waals surface area contributed by atoms with Gasteiger partial charge in [-0.2, -0.15) is 0 Å². The third-order valence-corrected chi connectivity index (χ3v) is 2.80. The lowest BCUT2D eigenvalue weighted by atomic mass is 10.1. The Balaban J connectivity index is 2.31. The van der Waals surface area contributed by atoms with E-state index in [-0.39, 0.29) is 5.56 Å². The maximum Gasteiger partial charge on any atom is 0.251 e. The molecule has 0 aliphatic rings. The summed E-state index contributed by atoms with van der Waals surface area (Å²) >= 11 is 0. The normalized spacial score (nSPS) is 10.6. The van der Waals surface area contributed by atoms with Gasteiger partial charge in [-0.15, -0.1) is 0 Å². The minimum Gasteiger partial charge on any atom is -0.311 e. The van der Waals surface area contributed by atoms with Crippen LogP contribution in [0.4, 0.5) is 0 Å². The smallest absolute Gasteiger partial charge is 0.251 e. The summed E-state index contributed by atoms with van der Waals surface area (Å²) in [5, 5.41) is 3.24. The summed E-state index contributed by atoms with van der Waals surface area (Å²) in [4.78, 5) is 23.0. The summed E-state index contributed by atoms with van der Waals surface area (Å²) < 4.78 is 0. The van der Waals surface area contributed by atoms with E-state index in [0.717, 1.165) is 29.8 Å². The van der Waals surface area contributed by atoms with Crippen molar-refractivity contribution in [3.8, 4) is 11.4 Å². The van der Waals surface area contributed by atoms with Crippen molar-refractivity contribution < 1.29 is 0 Å². The van der Waals surface area contributed by atoms with Crippen LogP contribution in [0, 0.1) is 6.92 Å². The molecule has 2 N–H and O–H groups in total. The quantitative estimate of drug-likeness (QED) is 0.800.